The van der Waals surface area contributed by atoms with Crippen molar-refractivity contribution < 1.29 is 14.5 Å². The van der Waals surface area contributed by atoms with E-state index in [1.54, 1.807) is 0 Å². The summed E-state index contributed by atoms with van der Waals surface area (Å²) in [6.45, 7) is 4.81. The Morgan fingerprint density at radius 3 is 2.27 bits per heavy atom. The van der Waals surface area contributed by atoms with Crippen LogP contribution >= 0.6 is 0 Å². The molecule has 2 rings (SSSR count). The van der Waals surface area contributed by atoms with Gasteiger partial charge in [-0.3, -0.25) is 9.59 Å². The van der Waals surface area contributed by atoms with Crippen molar-refractivity contribution in [3.63, 3.8) is 0 Å². The molecule has 0 aromatic heterocycles. The SMILES string of the molecule is Cc1ccc(C(=O)CCC(=O)N[C@H](C[NH+](C)C)c2ccccc2)cc1C. The van der Waals surface area contributed by atoms with Gasteiger partial charge >= 0.3 is 0 Å². The van der Waals surface area contributed by atoms with E-state index in [-0.39, 0.29) is 30.6 Å². The number of hydrogen-bond acceptors (Lipinski definition) is 2. The fourth-order valence-corrected chi connectivity index (χ4v) is 2.90. The first kappa shape index (κ1) is 19.9. The van der Waals surface area contributed by atoms with Crippen molar-refractivity contribution in [3.8, 4) is 0 Å². The number of aryl methyl sites for hydroxylation is 2. The standard InChI is InChI=1S/C22H28N2O2/c1-16-10-11-19(14-17(16)2)21(25)12-13-22(26)23-20(15-24(3)4)18-8-6-5-7-9-18/h5-11,14,20H,12-13,15H2,1-4H3,(H,23,26)/p+1/t20-/m1/s1. The number of rotatable bonds is 8. The highest BCUT2D eigenvalue weighted by Crippen LogP contribution is 2.14. The lowest BCUT2D eigenvalue weighted by atomic mass is 10.0. The monoisotopic (exact) mass is 353 g/mol. The van der Waals surface area contributed by atoms with Crippen LogP contribution < -0.4 is 10.2 Å². The maximum Gasteiger partial charge on any atom is 0.221 e. The van der Waals surface area contributed by atoms with E-state index < -0.39 is 0 Å². The van der Waals surface area contributed by atoms with Crippen LogP contribution in [0.1, 0.15) is 45.9 Å². The maximum atomic E-state index is 12.4. The van der Waals surface area contributed by atoms with Gasteiger partial charge in [-0.2, -0.15) is 0 Å². The summed E-state index contributed by atoms with van der Waals surface area (Å²) < 4.78 is 0. The van der Waals surface area contributed by atoms with Crippen molar-refractivity contribution in [2.75, 3.05) is 20.6 Å². The lowest BCUT2D eigenvalue weighted by Crippen LogP contribution is -3.06. The van der Waals surface area contributed by atoms with E-state index in [0.717, 1.165) is 23.2 Å². The summed E-state index contributed by atoms with van der Waals surface area (Å²) in [6, 6.07) is 15.6. The quantitative estimate of drug-likeness (QED) is 0.716. The molecule has 0 radical (unpaired) electrons. The number of Topliss-reactive ketones (excluding diaryl/α,β-unsaturated/α-hetero) is 1. The Bertz CT molecular complexity index is 754. The van der Waals surface area contributed by atoms with E-state index in [4.69, 9.17) is 0 Å². The Hall–Kier alpha value is -2.46. The molecule has 4 heteroatoms. The fourth-order valence-electron chi connectivity index (χ4n) is 2.90. The first-order valence-corrected chi connectivity index (χ1v) is 9.10. The molecule has 0 aliphatic rings. The molecule has 0 saturated carbocycles. The van der Waals surface area contributed by atoms with Crippen LogP contribution in [0.3, 0.4) is 0 Å². The lowest BCUT2D eigenvalue weighted by molar-refractivity contribution is -0.860. The minimum absolute atomic E-state index is 0.0118. The largest absolute Gasteiger partial charge is 0.344 e. The van der Waals surface area contributed by atoms with Crippen molar-refractivity contribution >= 4 is 11.7 Å². The van der Waals surface area contributed by atoms with Gasteiger partial charge in [0.2, 0.25) is 5.91 Å². The van der Waals surface area contributed by atoms with Gasteiger partial charge in [0, 0.05) is 18.4 Å². The molecule has 0 bridgehead atoms. The van der Waals surface area contributed by atoms with Crippen LogP contribution in [-0.4, -0.2) is 32.3 Å². The predicted molar refractivity (Wildman–Crippen MR) is 104 cm³/mol. The summed E-state index contributed by atoms with van der Waals surface area (Å²) in [5.41, 5.74) is 4.02. The van der Waals surface area contributed by atoms with Gasteiger partial charge in [0.25, 0.3) is 0 Å². The summed E-state index contributed by atoms with van der Waals surface area (Å²) in [4.78, 5) is 26.0. The van der Waals surface area contributed by atoms with Crippen LogP contribution in [0.2, 0.25) is 0 Å². The van der Waals surface area contributed by atoms with Crippen LogP contribution in [0.15, 0.2) is 48.5 Å². The summed E-state index contributed by atoms with van der Waals surface area (Å²) in [5.74, 6) is -0.0740. The van der Waals surface area contributed by atoms with Crippen molar-refractivity contribution in [1.29, 1.82) is 0 Å². The molecule has 1 amide bonds. The molecular formula is C22H29N2O2+. The summed E-state index contributed by atoms with van der Waals surface area (Å²) >= 11 is 0. The Balaban J connectivity index is 1.95. The summed E-state index contributed by atoms with van der Waals surface area (Å²) in [7, 11) is 4.12. The second-order valence-electron chi connectivity index (χ2n) is 7.16. The normalized spacial score (nSPS) is 12.0. The minimum atomic E-state index is -0.0858. The number of quaternary nitrogens is 1. The second kappa shape index (κ2) is 9.30. The van der Waals surface area contributed by atoms with Gasteiger partial charge in [0.05, 0.1) is 14.1 Å². The highest BCUT2D eigenvalue weighted by Gasteiger charge is 2.18. The highest BCUT2D eigenvalue weighted by atomic mass is 16.2. The smallest absolute Gasteiger partial charge is 0.221 e. The first-order chi connectivity index (χ1) is 12.4. The number of hydrogen-bond donors (Lipinski definition) is 2. The number of benzene rings is 2. The number of likely N-dealkylation sites (N-methyl/N-ethyl adjacent to an activating group) is 1. The average molecular weight is 353 g/mol. The van der Waals surface area contributed by atoms with Gasteiger partial charge in [-0.15, -0.1) is 0 Å². The van der Waals surface area contributed by atoms with E-state index in [0.29, 0.717) is 5.56 Å². The molecule has 0 heterocycles. The number of carbonyl (C=O) groups excluding carboxylic acids is 2. The molecule has 4 nitrogen and oxygen atoms in total. The second-order valence-corrected chi connectivity index (χ2v) is 7.16. The van der Waals surface area contributed by atoms with Crippen molar-refractivity contribution in [3.05, 3.63) is 70.8 Å². The van der Waals surface area contributed by atoms with E-state index >= 15 is 0 Å². The summed E-state index contributed by atoms with van der Waals surface area (Å²) in [5, 5.41) is 3.08. The highest BCUT2D eigenvalue weighted by molar-refractivity contribution is 5.98. The molecule has 0 fully saturated rings. The molecule has 0 unspecified atom stereocenters. The lowest BCUT2D eigenvalue weighted by Gasteiger charge is -2.20. The summed E-state index contributed by atoms with van der Waals surface area (Å²) in [6.07, 6.45) is 0.433. The molecule has 138 valence electrons. The van der Waals surface area contributed by atoms with Gasteiger partial charge in [-0.1, -0.05) is 42.5 Å². The van der Waals surface area contributed by atoms with Crippen molar-refractivity contribution in [1.82, 2.24) is 5.32 Å². The number of amides is 1. The van der Waals surface area contributed by atoms with Crippen LogP contribution in [0.4, 0.5) is 0 Å². The molecule has 0 spiro atoms. The van der Waals surface area contributed by atoms with Crippen molar-refractivity contribution in [2.24, 2.45) is 0 Å². The van der Waals surface area contributed by atoms with E-state index in [2.05, 4.69) is 19.4 Å². The Labute approximate surface area is 156 Å². The molecule has 0 saturated heterocycles. The minimum Gasteiger partial charge on any atom is -0.344 e. The van der Waals surface area contributed by atoms with Crippen LogP contribution in [0.25, 0.3) is 0 Å². The van der Waals surface area contributed by atoms with Gasteiger partial charge < -0.3 is 10.2 Å². The third kappa shape index (κ3) is 5.81. The predicted octanol–water partition coefficient (Wildman–Crippen LogP) is 2.27. The van der Waals surface area contributed by atoms with E-state index in [1.807, 2.05) is 62.4 Å². The third-order valence-electron chi connectivity index (χ3n) is 4.56. The van der Waals surface area contributed by atoms with E-state index in [1.165, 1.54) is 4.90 Å². The molecule has 2 aromatic rings. The Morgan fingerprint density at radius 1 is 0.962 bits per heavy atom. The maximum absolute atomic E-state index is 12.4. The molecule has 0 aliphatic carbocycles. The molecule has 2 N–H and O–H groups in total. The van der Waals surface area contributed by atoms with Gasteiger partial charge in [-0.25, -0.2) is 0 Å². The van der Waals surface area contributed by atoms with Crippen LogP contribution in [-0.2, 0) is 4.79 Å². The Morgan fingerprint density at radius 2 is 1.65 bits per heavy atom. The molecule has 0 aliphatic heterocycles. The number of nitrogens with one attached hydrogen (secondary N) is 2. The number of ketones is 1. The molecule has 1 atom stereocenters. The van der Waals surface area contributed by atoms with Crippen molar-refractivity contribution in [2.45, 2.75) is 32.7 Å². The van der Waals surface area contributed by atoms with Gasteiger partial charge in [0.1, 0.15) is 12.6 Å². The number of carbonyl (C=O) groups is 2. The third-order valence-corrected chi connectivity index (χ3v) is 4.56. The zero-order valence-electron chi connectivity index (χ0n) is 16.1. The van der Waals surface area contributed by atoms with Crippen LogP contribution in [0.5, 0.6) is 0 Å². The topological polar surface area (TPSA) is 50.6 Å². The Kier molecular flexibility index (Phi) is 7.10. The molecule has 26 heavy (non-hydrogen) atoms. The fraction of sp³-hybridized carbons (Fsp3) is 0.364. The van der Waals surface area contributed by atoms with Gasteiger partial charge in [-0.05, 0) is 36.6 Å². The zero-order chi connectivity index (χ0) is 19.1. The van der Waals surface area contributed by atoms with Gasteiger partial charge in [0.15, 0.2) is 5.78 Å². The van der Waals surface area contributed by atoms with E-state index in [9.17, 15) is 9.59 Å². The zero-order valence-corrected chi connectivity index (χ0v) is 16.1. The van der Waals surface area contributed by atoms with Crippen LogP contribution in [0, 0.1) is 13.8 Å². The first-order valence-electron chi connectivity index (χ1n) is 9.10. The average Bonchev–Trinajstić information content (AvgIpc) is 2.62. The molecule has 2 aromatic carbocycles. The molecular weight excluding hydrogens is 324 g/mol.